The van der Waals surface area contributed by atoms with Crippen molar-refractivity contribution in [2.75, 3.05) is 13.7 Å². The van der Waals surface area contributed by atoms with Crippen LogP contribution in [0.25, 0.3) is 0 Å². The van der Waals surface area contributed by atoms with Crippen molar-refractivity contribution in [3.05, 3.63) is 95.1 Å². The minimum Gasteiger partial charge on any atom is -0.497 e. The highest BCUT2D eigenvalue weighted by Crippen LogP contribution is 2.21. The second-order valence-corrected chi connectivity index (χ2v) is 10.4. The van der Waals surface area contributed by atoms with Crippen molar-refractivity contribution in [2.24, 2.45) is 0 Å². The predicted octanol–water partition coefficient (Wildman–Crippen LogP) is 5.25. The van der Waals surface area contributed by atoms with Gasteiger partial charge in [-0.05, 0) is 69.5 Å². The Morgan fingerprint density at radius 3 is 2.27 bits per heavy atom. The molecule has 0 fully saturated rings. The zero-order valence-corrected chi connectivity index (χ0v) is 22.7. The number of rotatable bonds is 10. The second kappa shape index (κ2) is 12.4. The number of ether oxygens (including phenoxy) is 2. The van der Waals surface area contributed by atoms with Crippen molar-refractivity contribution in [3.8, 4) is 11.5 Å². The standard InChI is InChI=1S/C31H38N2O4/c1-22-15-16-28(23(2)17-22)37-21-29(34)33(20-25-13-10-14-26(18-25)36-6)27(30(35)32-31(3,4)5)19-24-11-8-7-9-12-24/h7-18,27H,19-21H2,1-6H3,(H,32,35). The number of carbonyl (C=O) groups is 2. The lowest BCUT2D eigenvalue weighted by Gasteiger charge is -2.34. The van der Waals surface area contributed by atoms with Gasteiger partial charge in [0.1, 0.15) is 17.5 Å². The van der Waals surface area contributed by atoms with Gasteiger partial charge in [0.15, 0.2) is 6.61 Å². The summed E-state index contributed by atoms with van der Waals surface area (Å²) in [5, 5.41) is 3.07. The molecule has 1 unspecified atom stereocenters. The number of aryl methyl sites for hydroxylation is 2. The van der Waals surface area contributed by atoms with Gasteiger partial charge < -0.3 is 19.7 Å². The highest BCUT2D eigenvalue weighted by Gasteiger charge is 2.32. The van der Waals surface area contributed by atoms with Crippen LogP contribution in [0.5, 0.6) is 11.5 Å². The van der Waals surface area contributed by atoms with Crippen LogP contribution < -0.4 is 14.8 Å². The van der Waals surface area contributed by atoms with Gasteiger partial charge in [-0.15, -0.1) is 0 Å². The number of carbonyl (C=O) groups excluding carboxylic acids is 2. The van der Waals surface area contributed by atoms with Gasteiger partial charge in [-0.1, -0.05) is 60.2 Å². The van der Waals surface area contributed by atoms with E-state index in [1.165, 1.54) is 0 Å². The summed E-state index contributed by atoms with van der Waals surface area (Å²) in [5.41, 5.74) is 3.46. The van der Waals surface area contributed by atoms with Crippen molar-refractivity contribution >= 4 is 11.8 Å². The first-order valence-electron chi connectivity index (χ1n) is 12.5. The van der Waals surface area contributed by atoms with Gasteiger partial charge in [0.2, 0.25) is 5.91 Å². The highest BCUT2D eigenvalue weighted by molar-refractivity contribution is 5.89. The molecular weight excluding hydrogens is 464 g/mol. The summed E-state index contributed by atoms with van der Waals surface area (Å²) in [6, 6.07) is 22.4. The van der Waals surface area contributed by atoms with Crippen molar-refractivity contribution < 1.29 is 19.1 Å². The molecule has 3 aromatic carbocycles. The second-order valence-electron chi connectivity index (χ2n) is 10.4. The van der Waals surface area contributed by atoms with E-state index in [2.05, 4.69) is 5.32 Å². The summed E-state index contributed by atoms with van der Waals surface area (Å²) in [6.45, 7) is 9.82. The number of nitrogens with zero attached hydrogens (tertiary/aromatic N) is 1. The molecule has 3 aromatic rings. The third kappa shape index (κ3) is 8.38. The SMILES string of the molecule is COc1cccc(CN(C(=O)COc2ccc(C)cc2C)C(Cc2ccccc2)C(=O)NC(C)(C)C)c1. The van der Waals surface area contributed by atoms with Gasteiger partial charge in [-0.3, -0.25) is 9.59 Å². The van der Waals surface area contributed by atoms with E-state index in [0.29, 0.717) is 17.9 Å². The van der Waals surface area contributed by atoms with Gasteiger partial charge in [-0.2, -0.15) is 0 Å². The average molecular weight is 503 g/mol. The Kier molecular flexibility index (Phi) is 9.34. The van der Waals surface area contributed by atoms with Crippen LogP contribution in [-0.4, -0.2) is 42.0 Å². The summed E-state index contributed by atoms with van der Waals surface area (Å²) in [4.78, 5) is 29.0. The molecule has 1 N–H and O–H groups in total. The Morgan fingerprint density at radius 2 is 1.62 bits per heavy atom. The Hall–Kier alpha value is -3.80. The summed E-state index contributed by atoms with van der Waals surface area (Å²) in [7, 11) is 1.61. The zero-order valence-electron chi connectivity index (χ0n) is 22.7. The molecule has 0 aliphatic rings. The molecule has 2 amide bonds. The summed E-state index contributed by atoms with van der Waals surface area (Å²) >= 11 is 0. The first kappa shape index (κ1) is 27.8. The topological polar surface area (TPSA) is 67.9 Å². The maximum absolute atomic E-state index is 13.7. The number of amides is 2. The fourth-order valence-corrected chi connectivity index (χ4v) is 4.16. The minimum absolute atomic E-state index is 0.179. The number of nitrogens with one attached hydrogen (secondary N) is 1. The van der Waals surface area contributed by atoms with E-state index >= 15 is 0 Å². The van der Waals surface area contributed by atoms with Crippen LogP contribution in [0, 0.1) is 13.8 Å². The molecule has 1 atom stereocenters. The van der Waals surface area contributed by atoms with Gasteiger partial charge in [-0.25, -0.2) is 0 Å². The lowest BCUT2D eigenvalue weighted by atomic mass is 10.0. The van der Waals surface area contributed by atoms with Crippen LogP contribution in [0.4, 0.5) is 0 Å². The first-order chi connectivity index (χ1) is 17.6. The molecule has 0 saturated carbocycles. The van der Waals surface area contributed by atoms with Crippen molar-refractivity contribution in [3.63, 3.8) is 0 Å². The quantitative estimate of drug-likeness (QED) is 0.411. The number of methoxy groups -OCH3 is 1. The van der Waals surface area contributed by atoms with E-state index in [-0.39, 0.29) is 25.0 Å². The zero-order chi connectivity index (χ0) is 27.0. The van der Waals surface area contributed by atoms with E-state index in [4.69, 9.17) is 9.47 Å². The Morgan fingerprint density at radius 1 is 0.919 bits per heavy atom. The van der Waals surface area contributed by atoms with Crippen LogP contribution in [0.15, 0.2) is 72.8 Å². The van der Waals surface area contributed by atoms with E-state index < -0.39 is 11.6 Å². The normalized spacial score (nSPS) is 11.9. The first-order valence-corrected chi connectivity index (χ1v) is 12.5. The third-order valence-electron chi connectivity index (χ3n) is 5.94. The van der Waals surface area contributed by atoms with Crippen molar-refractivity contribution in [1.82, 2.24) is 10.2 Å². The van der Waals surface area contributed by atoms with E-state index in [1.807, 2.05) is 107 Å². The molecule has 6 nitrogen and oxygen atoms in total. The van der Waals surface area contributed by atoms with Gasteiger partial charge in [0.05, 0.1) is 7.11 Å². The van der Waals surface area contributed by atoms with E-state index in [1.54, 1.807) is 12.0 Å². The molecule has 0 saturated heterocycles. The van der Waals surface area contributed by atoms with Crippen LogP contribution in [0.3, 0.4) is 0 Å². The summed E-state index contributed by atoms with van der Waals surface area (Å²) in [5.74, 6) is 0.862. The maximum atomic E-state index is 13.7. The molecule has 0 heterocycles. The van der Waals surface area contributed by atoms with Crippen LogP contribution in [0.1, 0.15) is 43.0 Å². The smallest absolute Gasteiger partial charge is 0.261 e. The predicted molar refractivity (Wildman–Crippen MR) is 147 cm³/mol. The van der Waals surface area contributed by atoms with Gasteiger partial charge >= 0.3 is 0 Å². The Labute approximate surface area is 220 Å². The highest BCUT2D eigenvalue weighted by atomic mass is 16.5. The monoisotopic (exact) mass is 502 g/mol. The summed E-state index contributed by atoms with van der Waals surface area (Å²) in [6.07, 6.45) is 0.377. The Balaban J connectivity index is 1.95. The number of hydrogen-bond acceptors (Lipinski definition) is 4. The summed E-state index contributed by atoms with van der Waals surface area (Å²) < 4.78 is 11.3. The van der Waals surface area contributed by atoms with Gasteiger partial charge in [0.25, 0.3) is 5.91 Å². The molecule has 6 heteroatoms. The van der Waals surface area contributed by atoms with Gasteiger partial charge in [0, 0.05) is 18.5 Å². The van der Waals surface area contributed by atoms with Crippen molar-refractivity contribution in [1.29, 1.82) is 0 Å². The van der Waals surface area contributed by atoms with E-state index in [0.717, 1.165) is 22.3 Å². The maximum Gasteiger partial charge on any atom is 0.261 e. The number of benzene rings is 3. The molecule has 0 bridgehead atoms. The minimum atomic E-state index is -0.733. The lowest BCUT2D eigenvalue weighted by Crippen LogP contribution is -2.55. The third-order valence-corrected chi connectivity index (χ3v) is 5.94. The molecule has 0 aliphatic carbocycles. The van der Waals surface area contributed by atoms with Crippen LogP contribution in [0.2, 0.25) is 0 Å². The van der Waals surface area contributed by atoms with Crippen molar-refractivity contribution in [2.45, 2.75) is 59.2 Å². The molecule has 0 spiro atoms. The van der Waals surface area contributed by atoms with Crippen LogP contribution in [-0.2, 0) is 22.6 Å². The lowest BCUT2D eigenvalue weighted by molar-refractivity contribution is -0.143. The fourth-order valence-electron chi connectivity index (χ4n) is 4.16. The average Bonchev–Trinajstić information content (AvgIpc) is 2.85. The largest absolute Gasteiger partial charge is 0.497 e. The molecule has 37 heavy (non-hydrogen) atoms. The Bertz CT molecular complexity index is 1200. The molecule has 3 rings (SSSR count). The molecule has 0 aromatic heterocycles. The molecule has 0 aliphatic heterocycles. The van der Waals surface area contributed by atoms with Crippen LogP contribution >= 0.6 is 0 Å². The molecule has 0 radical (unpaired) electrons. The molecular formula is C31H38N2O4. The molecule has 196 valence electrons. The van der Waals surface area contributed by atoms with E-state index in [9.17, 15) is 9.59 Å². The fraction of sp³-hybridized carbons (Fsp3) is 0.355. The number of hydrogen-bond donors (Lipinski definition) is 1.